The predicted molar refractivity (Wildman–Crippen MR) is 91.0 cm³/mol. The lowest BCUT2D eigenvalue weighted by atomic mass is 10.3. The summed E-state index contributed by atoms with van der Waals surface area (Å²) >= 11 is 2.82. The van der Waals surface area contributed by atoms with E-state index in [0.29, 0.717) is 11.4 Å². The molecule has 0 bridgehead atoms. The fourth-order valence-corrected chi connectivity index (χ4v) is 3.21. The number of thioether (sulfide) groups is 1. The van der Waals surface area contributed by atoms with Crippen LogP contribution in [0.3, 0.4) is 0 Å². The number of amides is 1. The molecular weight excluding hydrogens is 320 g/mol. The maximum atomic E-state index is 12.0. The number of carbonyl (C=O) groups is 1. The monoisotopic (exact) mass is 338 g/mol. The Kier molecular flexibility index (Phi) is 6.47. The summed E-state index contributed by atoms with van der Waals surface area (Å²) in [6.07, 6.45) is 1.03. The molecule has 22 heavy (non-hydrogen) atoms. The number of hydrogen-bond donors (Lipinski definition) is 2. The molecule has 6 nitrogen and oxygen atoms in total. The topological polar surface area (TPSA) is 76.1 Å². The molecule has 1 aromatic carbocycles. The van der Waals surface area contributed by atoms with Crippen molar-refractivity contribution in [2.45, 2.75) is 17.7 Å². The van der Waals surface area contributed by atoms with Gasteiger partial charge in [0, 0.05) is 6.54 Å². The van der Waals surface area contributed by atoms with Crippen molar-refractivity contribution in [3.63, 3.8) is 0 Å². The SMILES string of the molecule is CCCNc1nnc(SCC(=O)Nc2ccccc2OC)s1. The van der Waals surface area contributed by atoms with E-state index in [1.54, 1.807) is 19.2 Å². The third-order valence-corrected chi connectivity index (χ3v) is 4.65. The van der Waals surface area contributed by atoms with Crippen LogP contribution in [0.2, 0.25) is 0 Å². The normalized spacial score (nSPS) is 10.3. The number of rotatable bonds is 8. The van der Waals surface area contributed by atoms with Gasteiger partial charge in [-0.05, 0) is 18.6 Å². The number of nitrogens with one attached hydrogen (secondary N) is 2. The summed E-state index contributed by atoms with van der Waals surface area (Å²) in [7, 11) is 1.58. The van der Waals surface area contributed by atoms with Gasteiger partial charge in [0.1, 0.15) is 5.75 Å². The number of anilines is 2. The molecule has 1 heterocycles. The van der Waals surface area contributed by atoms with Gasteiger partial charge in [-0.3, -0.25) is 4.79 Å². The van der Waals surface area contributed by atoms with Gasteiger partial charge in [0.25, 0.3) is 0 Å². The molecule has 2 N–H and O–H groups in total. The first-order valence-electron chi connectivity index (χ1n) is 6.86. The van der Waals surface area contributed by atoms with Gasteiger partial charge in [-0.15, -0.1) is 10.2 Å². The number of hydrogen-bond acceptors (Lipinski definition) is 7. The molecule has 118 valence electrons. The third-order valence-electron chi connectivity index (χ3n) is 2.64. The Morgan fingerprint density at radius 3 is 2.95 bits per heavy atom. The van der Waals surface area contributed by atoms with E-state index < -0.39 is 0 Å². The highest BCUT2D eigenvalue weighted by molar-refractivity contribution is 8.01. The van der Waals surface area contributed by atoms with Crippen LogP contribution in [-0.4, -0.2) is 35.5 Å². The van der Waals surface area contributed by atoms with Crippen LogP contribution < -0.4 is 15.4 Å². The van der Waals surface area contributed by atoms with Crippen molar-refractivity contribution in [2.24, 2.45) is 0 Å². The lowest BCUT2D eigenvalue weighted by Crippen LogP contribution is -2.14. The standard InChI is InChI=1S/C14H18N4O2S2/c1-3-8-15-13-17-18-14(22-13)21-9-12(19)16-10-6-4-5-7-11(10)20-2/h4-7H,3,8-9H2,1-2H3,(H,15,17)(H,16,19). The summed E-state index contributed by atoms with van der Waals surface area (Å²) in [5, 5.41) is 14.9. The van der Waals surface area contributed by atoms with E-state index in [1.165, 1.54) is 23.1 Å². The molecule has 8 heteroatoms. The van der Waals surface area contributed by atoms with Crippen LogP contribution >= 0.6 is 23.1 Å². The van der Waals surface area contributed by atoms with E-state index in [9.17, 15) is 4.79 Å². The van der Waals surface area contributed by atoms with Crippen molar-refractivity contribution >= 4 is 39.8 Å². The van der Waals surface area contributed by atoms with E-state index in [4.69, 9.17) is 4.74 Å². The van der Waals surface area contributed by atoms with Crippen LogP contribution in [0.1, 0.15) is 13.3 Å². The summed E-state index contributed by atoms with van der Waals surface area (Å²) in [6, 6.07) is 7.31. The van der Waals surface area contributed by atoms with Crippen molar-refractivity contribution in [3.8, 4) is 5.75 Å². The van der Waals surface area contributed by atoms with Gasteiger partial charge in [0.05, 0.1) is 18.6 Å². The fourth-order valence-electron chi connectivity index (χ4n) is 1.63. The highest BCUT2D eigenvalue weighted by Gasteiger charge is 2.10. The molecule has 0 aliphatic carbocycles. The zero-order valence-electron chi connectivity index (χ0n) is 12.5. The summed E-state index contributed by atoms with van der Waals surface area (Å²) in [4.78, 5) is 12.0. The Balaban J connectivity index is 1.83. The molecule has 2 aromatic rings. The largest absolute Gasteiger partial charge is 0.495 e. The summed E-state index contributed by atoms with van der Waals surface area (Å²) in [5.41, 5.74) is 0.665. The van der Waals surface area contributed by atoms with Gasteiger partial charge in [-0.25, -0.2) is 0 Å². The Morgan fingerprint density at radius 2 is 2.18 bits per heavy atom. The maximum absolute atomic E-state index is 12.0. The predicted octanol–water partition coefficient (Wildman–Crippen LogP) is 3.10. The van der Waals surface area contributed by atoms with Crippen LogP contribution in [0, 0.1) is 0 Å². The second kappa shape index (κ2) is 8.60. The minimum Gasteiger partial charge on any atom is -0.495 e. The van der Waals surface area contributed by atoms with Crippen LogP contribution in [-0.2, 0) is 4.79 Å². The summed E-state index contributed by atoms with van der Waals surface area (Å²) in [5.74, 6) is 0.816. The van der Waals surface area contributed by atoms with Crippen molar-refractivity contribution in [1.29, 1.82) is 0 Å². The fraction of sp³-hybridized carbons (Fsp3) is 0.357. The second-order valence-corrected chi connectivity index (χ2v) is 6.54. The van der Waals surface area contributed by atoms with Gasteiger partial charge in [0.2, 0.25) is 11.0 Å². The van der Waals surface area contributed by atoms with Crippen molar-refractivity contribution in [2.75, 3.05) is 30.0 Å². The van der Waals surface area contributed by atoms with Crippen LogP contribution in [0.25, 0.3) is 0 Å². The molecule has 1 amide bonds. The van der Waals surface area contributed by atoms with Crippen molar-refractivity contribution in [3.05, 3.63) is 24.3 Å². The molecule has 0 saturated heterocycles. The molecule has 0 aliphatic heterocycles. The average Bonchev–Trinajstić information content (AvgIpc) is 2.99. The van der Waals surface area contributed by atoms with E-state index in [-0.39, 0.29) is 11.7 Å². The quantitative estimate of drug-likeness (QED) is 0.720. The molecule has 0 unspecified atom stereocenters. The maximum Gasteiger partial charge on any atom is 0.234 e. The number of carbonyl (C=O) groups excluding carboxylic acids is 1. The van der Waals surface area contributed by atoms with Crippen LogP contribution in [0.15, 0.2) is 28.6 Å². The molecule has 2 rings (SSSR count). The number of aromatic nitrogens is 2. The highest BCUT2D eigenvalue weighted by atomic mass is 32.2. The zero-order valence-corrected chi connectivity index (χ0v) is 14.1. The second-order valence-electron chi connectivity index (χ2n) is 4.34. The molecule has 0 saturated carbocycles. The summed E-state index contributed by atoms with van der Waals surface area (Å²) in [6.45, 7) is 2.96. The smallest absolute Gasteiger partial charge is 0.234 e. The Labute approximate surface area is 137 Å². The summed E-state index contributed by atoms with van der Waals surface area (Å²) < 4.78 is 5.97. The van der Waals surface area contributed by atoms with Gasteiger partial charge >= 0.3 is 0 Å². The number of ether oxygens (including phenoxy) is 1. The number of nitrogens with zero attached hydrogens (tertiary/aromatic N) is 2. The van der Waals surface area contributed by atoms with E-state index in [2.05, 4.69) is 27.8 Å². The molecule has 1 aromatic heterocycles. The molecule has 0 fully saturated rings. The van der Waals surface area contributed by atoms with Gasteiger partial charge < -0.3 is 15.4 Å². The number of methoxy groups -OCH3 is 1. The lowest BCUT2D eigenvalue weighted by Gasteiger charge is -2.08. The minimum atomic E-state index is -0.104. The molecule has 0 spiro atoms. The van der Waals surface area contributed by atoms with Crippen molar-refractivity contribution in [1.82, 2.24) is 10.2 Å². The van der Waals surface area contributed by atoms with Gasteiger partial charge in [-0.2, -0.15) is 0 Å². The molecule has 0 radical (unpaired) electrons. The van der Waals surface area contributed by atoms with Crippen molar-refractivity contribution < 1.29 is 9.53 Å². The Hall–Kier alpha value is -1.80. The zero-order chi connectivity index (χ0) is 15.8. The first-order chi connectivity index (χ1) is 10.7. The molecule has 0 aliphatic rings. The van der Waals surface area contributed by atoms with Gasteiger partial charge in [-0.1, -0.05) is 42.2 Å². The Morgan fingerprint density at radius 1 is 1.36 bits per heavy atom. The van der Waals surface area contributed by atoms with E-state index in [1.807, 2.05) is 12.1 Å². The average molecular weight is 338 g/mol. The molecular formula is C14H18N4O2S2. The van der Waals surface area contributed by atoms with Crippen LogP contribution in [0.5, 0.6) is 5.75 Å². The minimum absolute atomic E-state index is 0.104. The number of benzene rings is 1. The number of para-hydroxylation sites is 2. The van der Waals surface area contributed by atoms with E-state index >= 15 is 0 Å². The van der Waals surface area contributed by atoms with E-state index in [0.717, 1.165) is 22.4 Å². The van der Waals surface area contributed by atoms with Gasteiger partial charge in [0.15, 0.2) is 4.34 Å². The Bertz CT molecular complexity index is 618. The first-order valence-corrected chi connectivity index (χ1v) is 8.66. The first kappa shape index (κ1) is 16.6. The van der Waals surface area contributed by atoms with Crippen LogP contribution in [0.4, 0.5) is 10.8 Å². The highest BCUT2D eigenvalue weighted by Crippen LogP contribution is 2.27. The third kappa shape index (κ3) is 4.88. The molecule has 0 atom stereocenters. The lowest BCUT2D eigenvalue weighted by molar-refractivity contribution is -0.113.